The molecule has 0 atom stereocenters. The molecule has 10 heteroatoms. The first-order chi connectivity index (χ1) is 12.7. The summed E-state index contributed by atoms with van der Waals surface area (Å²) < 4.78 is 36.7. The van der Waals surface area contributed by atoms with Gasteiger partial charge in [-0.25, -0.2) is 17.8 Å². The van der Waals surface area contributed by atoms with Gasteiger partial charge in [-0.3, -0.25) is 4.79 Å². The SMILES string of the molecule is CCCNC(=O)CCNC(=NCc1cc(F)ccc1CS(C)(=O)=O)NCC.I. The highest BCUT2D eigenvalue weighted by molar-refractivity contribution is 14.0. The molecular weight excluding hydrogens is 498 g/mol. The lowest BCUT2D eigenvalue weighted by atomic mass is 10.1. The maximum atomic E-state index is 13.6. The van der Waals surface area contributed by atoms with Crippen molar-refractivity contribution in [3.05, 3.63) is 35.1 Å². The van der Waals surface area contributed by atoms with Crippen molar-refractivity contribution >= 4 is 45.7 Å². The molecule has 1 rings (SSSR count). The Kier molecular flexibility index (Phi) is 13.0. The van der Waals surface area contributed by atoms with Gasteiger partial charge in [0.2, 0.25) is 5.91 Å². The van der Waals surface area contributed by atoms with Crippen LogP contribution in [0, 0.1) is 5.82 Å². The number of carbonyl (C=O) groups is 1. The maximum absolute atomic E-state index is 13.6. The second-order valence-corrected chi connectivity index (χ2v) is 8.35. The smallest absolute Gasteiger partial charge is 0.221 e. The Bertz CT molecular complexity index is 757. The van der Waals surface area contributed by atoms with Gasteiger partial charge in [-0.15, -0.1) is 24.0 Å². The first-order valence-corrected chi connectivity index (χ1v) is 11.0. The van der Waals surface area contributed by atoms with E-state index in [-0.39, 0.29) is 42.2 Å². The second-order valence-electron chi connectivity index (χ2n) is 6.21. The third kappa shape index (κ3) is 11.4. The molecule has 7 nitrogen and oxygen atoms in total. The molecule has 0 aliphatic heterocycles. The van der Waals surface area contributed by atoms with Gasteiger partial charge in [-0.05, 0) is 36.6 Å². The lowest BCUT2D eigenvalue weighted by Gasteiger charge is -2.12. The lowest BCUT2D eigenvalue weighted by Crippen LogP contribution is -2.39. The van der Waals surface area contributed by atoms with Crippen molar-refractivity contribution in [2.75, 3.05) is 25.9 Å². The van der Waals surface area contributed by atoms with Gasteiger partial charge in [0.1, 0.15) is 5.82 Å². The van der Waals surface area contributed by atoms with Gasteiger partial charge in [-0.2, -0.15) is 0 Å². The number of hydrogen-bond acceptors (Lipinski definition) is 4. The van der Waals surface area contributed by atoms with Crippen LogP contribution < -0.4 is 16.0 Å². The Labute approximate surface area is 183 Å². The Hall–Kier alpha value is -1.43. The Morgan fingerprint density at radius 2 is 1.82 bits per heavy atom. The molecule has 0 aliphatic rings. The highest BCUT2D eigenvalue weighted by Gasteiger charge is 2.11. The number of carbonyl (C=O) groups excluding carboxylic acids is 1. The van der Waals surface area contributed by atoms with Crippen LogP contribution in [-0.4, -0.2) is 46.2 Å². The number of benzene rings is 1. The number of amides is 1. The number of nitrogens with zero attached hydrogens (tertiary/aromatic N) is 1. The average molecular weight is 528 g/mol. The highest BCUT2D eigenvalue weighted by Crippen LogP contribution is 2.15. The summed E-state index contributed by atoms with van der Waals surface area (Å²) >= 11 is 0. The summed E-state index contributed by atoms with van der Waals surface area (Å²) in [4.78, 5) is 16.0. The third-order valence-corrected chi connectivity index (χ3v) is 4.39. The standard InChI is InChI=1S/C18H29FN4O3S.HI/c1-4-9-21-17(24)8-10-22-18(20-5-2)23-12-15-11-16(19)7-6-14(15)13-27(3,25)26;/h6-7,11H,4-5,8-10,12-13H2,1-3H3,(H,21,24)(H2,20,22,23);1H. The van der Waals surface area contributed by atoms with E-state index in [2.05, 4.69) is 20.9 Å². The zero-order chi connectivity index (χ0) is 20.3. The molecule has 0 spiro atoms. The quantitative estimate of drug-likeness (QED) is 0.245. The molecule has 160 valence electrons. The molecule has 0 heterocycles. The van der Waals surface area contributed by atoms with Gasteiger partial charge in [0.05, 0.1) is 12.3 Å². The summed E-state index contributed by atoms with van der Waals surface area (Å²) in [6.45, 7) is 5.69. The fourth-order valence-corrected chi connectivity index (χ4v) is 3.16. The summed E-state index contributed by atoms with van der Waals surface area (Å²) in [5.74, 6) is -0.168. The highest BCUT2D eigenvalue weighted by atomic mass is 127. The number of guanidine groups is 1. The monoisotopic (exact) mass is 528 g/mol. The molecule has 0 aromatic heterocycles. The summed E-state index contributed by atoms with van der Waals surface area (Å²) in [5.41, 5.74) is 1.04. The summed E-state index contributed by atoms with van der Waals surface area (Å²) in [7, 11) is -3.24. The van der Waals surface area contributed by atoms with Crippen molar-refractivity contribution in [2.24, 2.45) is 4.99 Å². The number of nitrogens with one attached hydrogen (secondary N) is 3. The van der Waals surface area contributed by atoms with E-state index in [1.54, 1.807) is 0 Å². The van der Waals surface area contributed by atoms with E-state index in [0.717, 1.165) is 12.7 Å². The van der Waals surface area contributed by atoms with E-state index in [9.17, 15) is 17.6 Å². The lowest BCUT2D eigenvalue weighted by molar-refractivity contribution is -0.120. The third-order valence-electron chi connectivity index (χ3n) is 3.55. The zero-order valence-electron chi connectivity index (χ0n) is 16.5. The fraction of sp³-hybridized carbons (Fsp3) is 0.556. The fourth-order valence-electron chi connectivity index (χ4n) is 2.32. The van der Waals surface area contributed by atoms with E-state index in [4.69, 9.17) is 0 Å². The molecule has 3 N–H and O–H groups in total. The molecule has 0 bridgehead atoms. The first kappa shape index (κ1) is 26.6. The maximum Gasteiger partial charge on any atom is 0.221 e. The summed E-state index contributed by atoms with van der Waals surface area (Å²) in [6.07, 6.45) is 2.33. The molecule has 1 amide bonds. The van der Waals surface area contributed by atoms with Crippen molar-refractivity contribution in [3.8, 4) is 0 Å². The van der Waals surface area contributed by atoms with E-state index in [1.165, 1.54) is 18.2 Å². The minimum atomic E-state index is -3.24. The predicted molar refractivity (Wildman–Crippen MR) is 121 cm³/mol. The Balaban J connectivity index is 0.00000729. The summed E-state index contributed by atoms with van der Waals surface area (Å²) in [5, 5.41) is 8.89. The molecule has 0 saturated heterocycles. The molecule has 0 saturated carbocycles. The first-order valence-electron chi connectivity index (χ1n) is 8.99. The topological polar surface area (TPSA) is 99.7 Å². The van der Waals surface area contributed by atoms with E-state index in [0.29, 0.717) is 43.1 Å². The van der Waals surface area contributed by atoms with Crippen molar-refractivity contribution in [1.82, 2.24) is 16.0 Å². The predicted octanol–water partition coefficient (Wildman–Crippen LogP) is 1.96. The van der Waals surface area contributed by atoms with Gasteiger partial charge in [0.25, 0.3) is 0 Å². The van der Waals surface area contributed by atoms with Crippen molar-refractivity contribution in [3.63, 3.8) is 0 Å². The van der Waals surface area contributed by atoms with Crippen molar-refractivity contribution in [2.45, 2.75) is 39.0 Å². The van der Waals surface area contributed by atoms with Crippen LogP contribution in [0.3, 0.4) is 0 Å². The van der Waals surface area contributed by atoms with Crippen LogP contribution in [0.4, 0.5) is 4.39 Å². The second kappa shape index (κ2) is 13.7. The minimum absolute atomic E-state index is 0. The van der Waals surface area contributed by atoms with E-state index in [1.807, 2.05) is 13.8 Å². The largest absolute Gasteiger partial charge is 0.357 e. The molecule has 28 heavy (non-hydrogen) atoms. The van der Waals surface area contributed by atoms with Gasteiger partial charge < -0.3 is 16.0 Å². The van der Waals surface area contributed by atoms with Gasteiger partial charge in [0.15, 0.2) is 15.8 Å². The molecule has 0 unspecified atom stereocenters. The molecule has 1 aromatic rings. The van der Waals surface area contributed by atoms with Crippen LogP contribution >= 0.6 is 24.0 Å². The molecule has 0 aliphatic carbocycles. The molecular formula is C18H30FIN4O3S. The Morgan fingerprint density at radius 3 is 2.43 bits per heavy atom. The summed E-state index contributed by atoms with van der Waals surface area (Å²) in [6, 6.07) is 4.01. The molecule has 0 radical (unpaired) electrons. The van der Waals surface area contributed by atoms with Crippen LogP contribution in [0.15, 0.2) is 23.2 Å². The number of halogens is 2. The van der Waals surface area contributed by atoms with Crippen LogP contribution in [0.25, 0.3) is 0 Å². The molecule has 0 fully saturated rings. The minimum Gasteiger partial charge on any atom is -0.357 e. The van der Waals surface area contributed by atoms with Gasteiger partial charge in [-0.1, -0.05) is 13.0 Å². The zero-order valence-corrected chi connectivity index (χ0v) is 19.7. The van der Waals surface area contributed by atoms with E-state index < -0.39 is 15.7 Å². The van der Waals surface area contributed by atoms with Crippen LogP contribution in [-0.2, 0) is 26.9 Å². The number of sulfone groups is 1. The Morgan fingerprint density at radius 1 is 1.11 bits per heavy atom. The van der Waals surface area contributed by atoms with Crippen molar-refractivity contribution < 1.29 is 17.6 Å². The van der Waals surface area contributed by atoms with E-state index >= 15 is 0 Å². The average Bonchev–Trinajstić information content (AvgIpc) is 2.58. The van der Waals surface area contributed by atoms with Crippen LogP contribution in [0.5, 0.6) is 0 Å². The number of hydrogen-bond donors (Lipinski definition) is 3. The van der Waals surface area contributed by atoms with Crippen molar-refractivity contribution in [1.29, 1.82) is 0 Å². The van der Waals surface area contributed by atoms with Crippen LogP contribution in [0.2, 0.25) is 0 Å². The van der Waals surface area contributed by atoms with Gasteiger partial charge >= 0.3 is 0 Å². The number of aliphatic imine (C=N–C) groups is 1. The number of rotatable bonds is 10. The normalized spacial score (nSPS) is 11.5. The van der Waals surface area contributed by atoms with Crippen LogP contribution in [0.1, 0.15) is 37.8 Å². The van der Waals surface area contributed by atoms with Gasteiger partial charge in [0, 0.05) is 32.3 Å². The molecule has 1 aromatic carbocycles.